The SMILES string of the molecule is O=C1NCCCC1NCCO. The van der Waals surface area contributed by atoms with Gasteiger partial charge in [-0.15, -0.1) is 0 Å². The largest absolute Gasteiger partial charge is 0.395 e. The summed E-state index contributed by atoms with van der Waals surface area (Å²) in [7, 11) is 0. The Balaban J connectivity index is 2.24. The summed E-state index contributed by atoms with van der Waals surface area (Å²) in [5.74, 6) is 0.0599. The summed E-state index contributed by atoms with van der Waals surface area (Å²) < 4.78 is 0. The Labute approximate surface area is 66.0 Å². The molecule has 1 rings (SSSR count). The van der Waals surface area contributed by atoms with Crippen LogP contribution in [0.5, 0.6) is 0 Å². The Morgan fingerprint density at radius 1 is 1.73 bits per heavy atom. The van der Waals surface area contributed by atoms with Gasteiger partial charge in [-0.1, -0.05) is 0 Å². The number of carbonyl (C=O) groups excluding carboxylic acids is 1. The van der Waals surface area contributed by atoms with Gasteiger partial charge >= 0.3 is 0 Å². The lowest BCUT2D eigenvalue weighted by Gasteiger charge is -2.22. The second kappa shape index (κ2) is 4.31. The topological polar surface area (TPSA) is 61.4 Å². The lowest BCUT2D eigenvalue weighted by molar-refractivity contribution is -0.124. The highest BCUT2D eigenvalue weighted by molar-refractivity contribution is 5.82. The van der Waals surface area contributed by atoms with E-state index in [0.29, 0.717) is 6.54 Å². The van der Waals surface area contributed by atoms with E-state index in [0.717, 1.165) is 19.4 Å². The number of aliphatic hydroxyl groups excluding tert-OH is 1. The van der Waals surface area contributed by atoms with Crippen molar-refractivity contribution < 1.29 is 9.90 Å². The van der Waals surface area contributed by atoms with Gasteiger partial charge in [-0.3, -0.25) is 4.79 Å². The highest BCUT2D eigenvalue weighted by Gasteiger charge is 2.20. The van der Waals surface area contributed by atoms with Crippen LogP contribution in [0.4, 0.5) is 0 Å². The fourth-order valence-corrected chi connectivity index (χ4v) is 1.21. The van der Waals surface area contributed by atoms with Crippen LogP contribution in [0.3, 0.4) is 0 Å². The van der Waals surface area contributed by atoms with Crippen LogP contribution >= 0.6 is 0 Å². The van der Waals surface area contributed by atoms with E-state index in [1.165, 1.54) is 0 Å². The molecule has 0 bridgehead atoms. The zero-order valence-electron chi connectivity index (χ0n) is 6.47. The van der Waals surface area contributed by atoms with Gasteiger partial charge in [0.1, 0.15) is 0 Å². The van der Waals surface area contributed by atoms with Crippen LogP contribution in [0, 0.1) is 0 Å². The zero-order valence-corrected chi connectivity index (χ0v) is 6.47. The van der Waals surface area contributed by atoms with Crippen LogP contribution in [0.15, 0.2) is 0 Å². The van der Waals surface area contributed by atoms with Gasteiger partial charge in [0.2, 0.25) is 5.91 Å². The van der Waals surface area contributed by atoms with E-state index in [2.05, 4.69) is 10.6 Å². The smallest absolute Gasteiger partial charge is 0.237 e. The highest BCUT2D eigenvalue weighted by atomic mass is 16.3. The normalized spacial score (nSPS) is 24.8. The van der Waals surface area contributed by atoms with E-state index in [1.54, 1.807) is 0 Å². The van der Waals surface area contributed by atoms with E-state index >= 15 is 0 Å². The standard InChI is InChI=1S/C7H14N2O2/c10-5-4-8-6-2-1-3-9-7(6)11/h6,8,10H,1-5H2,(H,9,11). The monoisotopic (exact) mass is 158 g/mol. The molecule has 1 saturated heterocycles. The van der Waals surface area contributed by atoms with Crippen molar-refractivity contribution in [1.29, 1.82) is 0 Å². The Morgan fingerprint density at radius 2 is 2.55 bits per heavy atom. The van der Waals surface area contributed by atoms with Crippen molar-refractivity contribution in [2.45, 2.75) is 18.9 Å². The lowest BCUT2D eigenvalue weighted by Crippen LogP contribution is -2.48. The summed E-state index contributed by atoms with van der Waals surface area (Å²) in [4.78, 5) is 11.0. The minimum atomic E-state index is -0.0871. The van der Waals surface area contributed by atoms with Crippen LogP contribution in [-0.4, -0.2) is 36.8 Å². The molecule has 64 valence electrons. The first-order chi connectivity index (χ1) is 5.34. The molecule has 1 heterocycles. The molecule has 0 aromatic carbocycles. The van der Waals surface area contributed by atoms with Crippen molar-refractivity contribution >= 4 is 5.91 Å². The van der Waals surface area contributed by atoms with E-state index in [9.17, 15) is 4.79 Å². The second-order valence-electron chi connectivity index (χ2n) is 2.66. The van der Waals surface area contributed by atoms with Gasteiger partial charge in [-0.2, -0.15) is 0 Å². The number of hydrogen-bond acceptors (Lipinski definition) is 3. The third kappa shape index (κ3) is 2.48. The predicted octanol–water partition coefficient (Wildman–Crippen LogP) is -1.15. The van der Waals surface area contributed by atoms with Crippen molar-refractivity contribution in [3.63, 3.8) is 0 Å². The lowest BCUT2D eigenvalue weighted by atomic mass is 10.1. The molecule has 0 spiro atoms. The number of carbonyl (C=O) groups is 1. The molecule has 1 aliphatic rings. The second-order valence-corrected chi connectivity index (χ2v) is 2.66. The molecule has 0 aliphatic carbocycles. The summed E-state index contributed by atoms with van der Waals surface area (Å²) in [5.41, 5.74) is 0. The molecule has 11 heavy (non-hydrogen) atoms. The Bertz CT molecular complexity index is 138. The summed E-state index contributed by atoms with van der Waals surface area (Å²) in [6.07, 6.45) is 1.90. The molecule has 0 radical (unpaired) electrons. The van der Waals surface area contributed by atoms with Crippen molar-refractivity contribution in [1.82, 2.24) is 10.6 Å². The van der Waals surface area contributed by atoms with Gasteiger partial charge in [0.05, 0.1) is 12.6 Å². The maximum atomic E-state index is 11.0. The Kier molecular flexibility index (Phi) is 3.32. The predicted molar refractivity (Wildman–Crippen MR) is 41.1 cm³/mol. The summed E-state index contributed by atoms with van der Waals surface area (Å²) in [6.45, 7) is 1.37. The van der Waals surface area contributed by atoms with Gasteiger partial charge in [0, 0.05) is 13.1 Å². The number of rotatable bonds is 3. The fourth-order valence-electron chi connectivity index (χ4n) is 1.21. The molecule has 0 aromatic heterocycles. The van der Waals surface area contributed by atoms with Crippen molar-refractivity contribution in [3.8, 4) is 0 Å². The highest BCUT2D eigenvalue weighted by Crippen LogP contribution is 2.01. The van der Waals surface area contributed by atoms with Crippen LogP contribution in [0.2, 0.25) is 0 Å². The van der Waals surface area contributed by atoms with Crippen LogP contribution < -0.4 is 10.6 Å². The maximum Gasteiger partial charge on any atom is 0.237 e. The van der Waals surface area contributed by atoms with Gasteiger partial charge < -0.3 is 15.7 Å². The van der Waals surface area contributed by atoms with Crippen molar-refractivity contribution in [3.05, 3.63) is 0 Å². The first-order valence-corrected chi connectivity index (χ1v) is 3.96. The van der Waals surface area contributed by atoms with Gasteiger partial charge in [0.25, 0.3) is 0 Å². The molecule has 4 nitrogen and oxygen atoms in total. The first-order valence-electron chi connectivity index (χ1n) is 3.96. The quantitative estimate of drug-likeness (QED) is 0.486. The van der Waals surface area contributed by atoms with Crippen molar-refractivity contribution in [2.24, 2.45) is 0 Å². The number of nitrogens with one attached hydrogen (secondary N) is 2. The summed E-state index contributed by atoms with van der Waals surface area (Å²) in [6, 6.07) is -0.0871. The molecule has 4 heteroatoms. The Morgan fingerprint density at radius 3 is 3.18 bits per heavy atom. The molecule has 0 saturated carbocycles. The third-order valence-electron chi connectivity index (χ3n) is 1.79. The third-order valence-corrected chi connectivity index (χ3v) is 1.79. The van der Waals surface area contributed by atoms with Crippen molar-refractivity contribution in [2.75, 3.05) is 19.7 Å². The zero-order chi connectivity index (χ0) is 8.10. The molecule has 1 unspecified atom stereocenters. The molecule has 3 N–H and O–H groups in total. The molecule has 0 aromatic rings. The number of aliphatic hydroxyl groups is 1. The first kappa shape index (κ1) is 8.49. The molecule has 1 amide bonds. The molecule has 1 aliphatic heterocycles. The number of amides is 1. The molecule has 1 fully saturated rings. The fraction of sp³-hybridized carbons (Fsp3) is 0.857. The summed E-state index contributed by atoms with van der Waals surface area (Å²) in [5, 5.41) is 14.2. The minimum Gasteiger partial charge on any atom is -0.395 e. The molecular formula is C7H14N2O2. The van der Waals surface area contributed by atoms with Gasteiger partial charge in [-0.25, -0.2) is 0 Å². The van der Waals surface area contributed by atoms with Gasteiger partial charge in [-0.05, 0) is 12.8 Å². The molecular weight excluding hydrogens is 144 g/mol. The van der Waals surface area contributed by atoms with E-state index in [1.807, 2.05) is 0 Å². The van der Waals surface area contributed by atoms with E-state index < -0.39 is 0 Å². The van der Waals surface area contributed by atoms with Crippen LogP contribution in [0.25, 0.3) is 0 Å². The maximum absolute atomic E-state index is 11.0. The summed E-state index contributed by atoms with van der Waals surface area (Å²) >= 11 is 0. The molecule has 1 atom stereocenters. The van der Waals surface area contributed by atoms with E-state index in [-0.39, 0.29) is 18.6 Å². The van der Waals surface area contributed by atoms with Crippen LogP contribution in [-0.2, 0) is 4.79 Å². The Hall–Kier alpha value is -0.610. The minimum absolute atomic E-state index is 0.0599. The average molecular weight is 158 g/mol. The average Bonchev–Trinajstić information content (AvgIpc) is 2.03. The van der Waals surface area contributed by atoms with Crippen LogP contribution in [0.1, 0.15) is 12.8 Å². The van der Waals surface area contributed by atoms with Gasteiger partial charge in [0.15, 0.2) is 0 Å². The number of hydrogen-bond donors (Lipinski definition) is 3. The van der Waals surface area contributed by atoms with E-state index in [4.69, 9.17) is 5.11 Å². The number of piperidine rings is 1.